The van der Waals surface area contributed by atoms with Crippen molar-refractivity contribution in [2.24, 2.45) is 0 Å². The molecule has 1 saturated heterocycles. The zero-order valence-corrected chi connectivity index (χ0v) is 28.1. The fourth-order valence-corrected chi connectivity index (χ4v) is 8.20. The first-order valence-corrected chi connectivity index (χ1v) is 16.5. The predicted octanol–water partition coefficient (Wildman–Crippen LogP) is 5.36. The lowest BCUT2D eigenvalue weighted by atomic mass is 10.0. The van der Waals surface area contributed by atoms with Crippen LogP contribution in [0.3, 0.4) is 0 Å². The monoisotopic (exact) mass is 646 g/mol. The Balaban J connectivity index is 1.39. The zero-order chi connectivity index (χ0) is 32.2. The molecule has 7 aromatic rings. The molecule has 0 spiro atoms. The minimum Gasteiger partial charge on any atom is -0.329 e. The highest BCUT2D eigenvalue weighted by molar-refractivity contribution is 6.20. The van der Waals surface area contributed by atoms with Crippen LogP contribution >= 0.6 is 0 Å². The van der Waals surface area contributed by atoms with Crippen LogP contribution in [-0.2, 0) is 19.4 Å². The van der Waals surface area contributed by atoms with E-state index in [4.69, 9.17) is 44.1 Å². The molecular formula is C36H26N8O3Si. The summed E-state index contributed by atoms with van der Waals surface area (Å²) in [5, 5.41) is 2.79. The van der Waals surface area contributed by atoms with E-state index in [1.165, 1.54) is 0 Å². The van der Waals surface area contributed by atoms with Gasteiger partial charge >= 0.3 is 5.97 Å². The van der Waals surface area contributed by atoms with Gasteiger partial charge in [-0.25, -0.2) is 29.9 Å². The number of hydrogen-bond acceptors (Lipinski definition) is 9. The summed E-state index contributed by atoms with van der Waals surface area (Å²) in [4.78, 5) is 37.5. The smallest absolute Gasteiger partial charge is 0.314 e. The maximum atomic E-state index is 6.23. The summed E-state index contributed by atoms with van der Waals surface area (Å²) in [6, 6.07) is 30.1. The Labute approximate surface area is 275 Å². The largest absolute Gasteiger partial charge is 0.329 e. The Kier molecular flexibility index (Phi) is 5.54. The molecule has 0 saturated carbocycles. The molecule has 48 heavy (non-hydrogen) atoms. The highest BCUT2D eigenvalue weighted by Crippen LogP contribution is 2.56. The molecule has 2 N–H and O–H groups in total. The number of H-pyrrole nitrogens is 2. The molecule has 232 valence electrons. The minimum atomic E-state index is -1.18. The first-order valence-electron chi connectivity index (χ1n) is 15.5. The molecule has 10 rings (SSSR count). The number of epoxide rings is 1. The normalized spacial score (nSPS) is 17.5. The van der Waals surface area contributed by atoms with Crippen molar-refractivity contribution in [1.29, 1.82) is 0 Å². The molecule has 12 heteroatoms. The number of aromatic nitrogens is 8. The molecule has 1 unspecified atom stereocenters. The quantitative estimate of drug-likeness (QED) is 0.147. The van der Waals surface area contributed by atoms with Crippen LogP contribution in [0.2, 0.25) is 0 Å². The van der Waals surface area contributed by atoms with Gasteiger partial charge < -0.3 is 24.2 Å². The van der Waals surface area contributed by atoms with Crippen LogP contribution in [0.15, 0.2) is 91.0 Å². The van der Waals surface area contributed by atoms with Gasteiger partial charge in [-0.15, -0.1) is 0 Å². The van der Waals surface area contributed by atoms with E-state index >= 15 is 0 Å². The Morgan fingerprint density at radius 2 is 0.938 bits per heavy atom. The van der Waals surface area contributed by atoms with Gasteiger partial charge in [-0.05, 0) is 5.56 Å². The van der Waals surface area contributed by atoms with Crippen LogP contribution in [0.5, 0.6) is 0 Å². The van der Waals surface area contributed by atoms with Gasteiger partial charge in [0.25, 0.3) is 0 Å². The number of benzene rings is 4. The van der Waals surface area contributed by atoms with Crippen LogP contribution in [0.25, 0.3) is 89.7 Å². The average molecular weight is 647 g/mol. The molecule has 0 aliphatic carbocycles. The molecule has 1 fully saturated rings. The van der Waals surface area contributed by atoms with E-state index in [2.05, 4.69) is 9.97 Å². The third-order valence-corrected chi connectivity index (χ3v) is 10.9. The summed E-state index contributed by atoms with van der Waals surface area (Å²) in [6.07, 6.45) is 0. The van der Waals surface area contributed by atoms with Crippen molar-refractivity contribution in [1.82, 2.24) is 39.9 Å². The van der Waals surface area contributed by atoms with Crippen molar-refractivity contribution in [2.45, 2.75) is 11.2 Å². The number of hydrogen-bond donors (Lipinski definition) is 2. The molecule has 1 atom stereocenters. The molecule has 3 aromatic heterocycles. The summed E-state index contributed by atoms with van der Waals surface area (Å²) < 4.78 is 17.7. The van der Waals surface area contributed by atoms with Gasteiger partial charge in [-0.2, -0.15) is 0 Å². The topological polar surface area (TPSA) is 140 Å². The standard InChI is InChI=1S/C36H26N8O3Si/c1-45-36(46-2)35(48,47-36)25-17-9-16-24-26(25)34-43-32-23-15-8-7-14-22(23)30(41-32)39-28-19-11-4-3-10-18(19)27(37-28)38-29-20-12-5-6-13-21(20)31(40-29)42-33(24)44-34/h3-17H,1-2,48H3,(H2,37,38,39,40,41,42,43,44). The zero-order valence-electron chi connectivity index (χ0n) is 26.1. The minimum absolute atomic E-state index is 0.532. The van der Waals surface area contributed by atoms with E-state index < -0.39 is 11.2 Å². The van der Waals surface area contributed by atoms with Crippen LogP contribution in [0, 0.1) is 0 Å². The Hall–Kier alpha value is -5.66. The molecule has 8 bridgehead atoms. The van der Waals surface area contributed by atoms with Crippen LogP contribution in [-0.4, -0.2) is 70.3 Å². The van der Waals surface area contributed by atoms with Crippen molar-refractivity contribution in [3.05, 3.63) is 96.6 Å². The van der Waals surface area contributed by atoms with Crippen molar-refractivity contribution >= 4 is 54.4 Å². The first-order chi connectivity index (χ1) is 23.5. The van der Waals surface area contributed by atoms with E-state index in [0.717, 1.165) is 49.4 Å². The maximum absolute atomic E-state index is 6.23. The number of ether oxygens (including phenoxy) is 3. The highest BCUT2D eigenvalue weighted by atomic mass is 28.1. The lowest BCUT2D eigenvalue weighted by Gasteiger charge is -2.14. The second-order valence-corrected chi connectivity index (χ2v) is 13.5. The third-order valence-electron chi connectivity index (χ3n) is 9.51. The predicted molar refractivity (Wildman–Crippen MR) is 186 cm³/mol. The van der Waals surface area contributed by atoms with Crippen molar-refractivity contribution in [2.75, 3.05) is 14.2 Å². The van der Waals surface area contributed by atoms with Crippen molar-refractivity contribution in [3.63, 3.8) is 0 Å². The Bertz CT molecular complexity index is 2680. The summed E-state index contributed by atoms with van der Waals surface area (Å²) in [6.45, 7) is 0. The summed E-state index contributed by atoms with van der Waals surface area (Å²) >= 11 is 0. The van der Waals surface area contributed by atoms with E-state index in [1.807, 2.05) is 91.0 Å². The van der Waals surface area contributed by atoms with Crippen LogP contribution < -0.4 is 0 Å². The third kappa shape index (κ3) is 3.67. The van der Waals surface area contributed by atoms with Crippen LogP contribution in [0.1, 0.15) is 5.56 Å². The van der Waals surface area contributed by atoms with E-state index in [9.17, 15) is 0 Å². The summed E-state index contributed by atoms with van der Waals surface area (Å²) in [5.41, 5.74) is 6.93. The van der Waals surface area contributed by atoms with Gasteiger partial charge in [0, 0.05) is 58.0 Å². The summed E-state index contributed by atoms with van der Waals surface area (Å²) in [7, 11) is 3.77. The molecule has 3 aliphatic heterocycles. The molecule has 4 aromatic carbocycles. The SMILES string of the molecule is COC1(OC)OC1([SiH3])c1cccc2c3nc4nc(nc5[nH]c(nc6nc(nc([nH]3)c12)-c1ccccc1-6)c1ccccc51)-c1ccccc1-4. The van der Waals surface area contributed by atoms with Crippen molar-refractivity contribution < 1.29 is 14.2 Å². The first kappa shape index (κ1) is 27.4. The second-order valence-electron chi connectivity index (χ2n) is 12.1. The number of methoxy groups -OCH3 is 2. The number of nitrogens with zero attached hydrogens (tertiary/aromatic N) is 6. The molecule has 0 amide bonds. The molecular weight excluding hydrogens is 621 g/mol. The lowest BCUT2D eigenvalue weighted by molar-refractivity contribution is -0.197. The highest BCUT2D eigenvalue weighted by Gasteiger charge is 2.71. The van der Waals surface area contributed by atoms with Crippen LogP contribution in [0.4, 0.5) is 0 Å². The van der Waals surface area contributed by atoms with E-state index in [-0.39, 0.29) is 0 Å². The number of aromatic amines is 2. The lowest BCUT2D eigenvalue weighted by Crippen LogP contribution is -2.28. The van der Waals surface area contributed by atoms with Gasteiger partial charge in [-0.3, -0.25) is 0 Å². The Morgan fingerprint density at radius 1 is 0.521 bits per heavy atom. The van der Waals surface area contributed by atoms with Gasteiger partial charge in [-0.1, -0.05) is 91.0 Å². The summed E-state index contributed by atoms with van der Waals surface area (Å²) in [5.74, 6) is 1.01. The second kappa shape index (κ2) is 9.68. The van der Waals surface area contributed by atoms with E-state index in [0.29, 0.717) is 56.1 Å². The molecule has 3 aliphatic rings. The molecule has 0 radical (unpaired) electrons. The maximum Gasteiger partial charge on any atom is 0.314 e. The number of fused-ring (bicyclic) bond motifs is 20. The van der Waals surface area contributed by atoms with E-state index in [1.54, 1.807) is 14.2 Å². The van der Waals surface area contributed by atoms with Crippen molar-refractivity contribution in [3.8, 4) is 45.6 Å². The van der Waals surface area contributed by atoms with Gasteiger partial charge in [0.15, 0.2) is 28.5 Å². The van der Waals surface area contributed by atoms with Gasteiger partial charge in [0.05, 0.1) is 10.2 Å². The fraction of sp³-hybridized carbons (Fsp3) is 0.111. The molecule has 6 heterocycles. The molecule has 11 nitrogen and oxygen atoms in total. The average Bonchev–Trinajstić information content (AvgIpc) is 3.51. The van der Waals surface area contributed by atoms with Gasteiger partial charge in [0.2, 0.25) is 0 Å². The number of nitrogens with one attached hydrogen (secondary N) is 2. The van der Waals surface area contributed by atoms with Gasteiger partial charge in [0.1, 0.15) is 22.6 Å². The Morgan fingerprint density at radius 3 is 1.42 bits per heavy atom. The number of rotatable bonds is 3. The fourth-order valence-electron chi connectivity index (χ4n) is 7.11.